The van der Waals surface area contributed by atoms with Crippen molar-refractivity contribution in [3.63, 3.8) is 0 Å². The van der Waals surface area contributed by atoms with E-state index in [2.05, 4.69) is 17.3 Å². The number of hydrogen-bond acceptors (Lipinski definition) is 4. The lowest BCUT2D eigenvalue weighted by Crippen LogP contribution is -2.47. The topological polar surface area (TPSA) is 41.6 Å². The minimum absolute atomic E-state index is 0.0109. The SMILES string of the molecule is C[C@H](Sc1ccccc1Cl)C(=O)NC[C@H]1CN(C)CCO1. The third-order valence-electron chi connectivity index (χ3n) is 3.36. The van der Waals surface area contributed by atoms with Crippen molar-refractivity contribution in [2.75, 3.05) is 33.3 Å². The van der Waals surface area contributed by atoms with Gasteiger partial charge < -0.3 is 15.0 Å². The molecule has 2 rings (SSSR count). The van der Waals surface area contributed by atoms with E-state index in [1.54, 1.807) is 0 Å². The Kier molecular flexibility index (Phi) is 6.36. The number of hydrogen-bond donors (Lipinski definition) is 1. The molecule has 1 heterocycles. The number of thioether (sulfide) groups is 1. The van der Waals surface area contributed by atoms with Gasteiger partial charge in [-0.3, -0.25) is 4.79 Å². The second-order valence-electron chi connectivity index (χ2n) is 5.19. The zero-order valence-electron chi connectivity index (χ0n) is 12.3. The molecule has 0 unspecified atom stereocenters. The first kappa shape index (κ1) is 16.6. The minimum atomic E-state index is -0.189. The predicted molar refractivity (Wildman–Crippen MR) is 87.0 cm³/mol. The number of benzene rings is 1. The van der Waals surface area contributed by atoms with E-state index in [1.165, 1.54) is 11.8 Å². The van der Waals surface area contributed by atoms with Crippen LogP contribution in [0.25, 0.3) is 0 Å². The molecule has 116 valence electrons. The van der Waals surface area contributed by atoms with Gasteiger partial charge in [0, 0.05) is 24.5 Å². The van der Waals surface area contributed by atoms with Crippen LogP contribution in [0.1, 0.15) is 6.92 Å². The quantitative estimate of drug-likeness (QED) is 0.842. The molecule has 4 nitrogen and oxygen atoms in total. The van der Waals surface area contributed by atoms with Crippen molar-refractivity contribution >= 4 is 29.3 Å². The molecule has 1 N–H and O–H groups in total. The molecule has 1 aliphatic rings. The largest absolute Gasteiger partial charge is 0.374 e. The number of amides is 1. The van der Waals surface area contributed by atoms with Gasteiger partial charge in [0.2, 0.25) is 5.91 Å². The number of rotatable bonds is 5. The fraction of sp³-hybridized carbons (Fsp3) is 0.533. The average molecular weight is 329 g/mol. The fourth-order valence-electron chi connectivity index (χ4n) is 2.13. The summed E-state index contributed by atoms with van der Waals surface area (Å²) in [6.07, 6.45) is 0.0743. The summed E-state index contributed by atoms with van der Waals surface area (Å²) in [5, 5.41) is 3.45. The highest BCUT2D eigenvalue weighted by atomic mass is 35.5. The van der Waals surface area contributed by atoms with Crippen LogP contribution < -0.4 is 5.32 Å². The van der Waals surface area contributed by atoms with Crippen molar-refractivity contribution in [1.82, 2.24) is 10.2 Å². The van der Waals surface area contributed by atoms with Gasteiger partial charge in [-0.15, -0.1) is 11.8 Å². The summed E-state index contributed by atoms with van der Waals surface area (Å²) in [5.74, 6) is 0.0109. The molecule has 0 aromatic heterocycles. The highest BCUT2D eigenvalue weighted by molar-refractivity contribution is 8.00. The number of halogens is 1. The van der Waals surface area contributed by atoms with Gasteiger partial charge in [0.15, 0.2) is 0 Å². The van der Waals surface area contributed by atoms with E-state index in [-0.39, 0.29) is 17.3 Å². The molecule has 0 radical (unpaired) electrons. The van der Waals surface area contributed by atoms with Crippen molar-refractivity contribution in [3.05, 3.63) is 29.3 Å². The molecule has 1 amide bonds. The third-order valence-corrected chi connectivity index (χ3v) is 4.97. The molecule has 0 bridgehead atoms. The summed E-state index contributed by atoms with van der Waals surface area (Å²) in [6, 6.07) is 7.56. The zero-order chi connectivity index (χ0) is 15.2. The molecule has 0 saturated carbocycles. The smallest absolute Gasteiger partial charge is 0.233 e. The maximum Gasteiger partial charge on any atom is 0.233 e. The Bertz CT molecular complexity index is 486. The number of carbonyl (C=O) groups is 1. The van der Waals surface area contributed by atoms with Gasteiger partial charge in [0.1, 0.15) is 0 Å². The first-order valence-corrected chi connectivity index (χ1v) is 8.31. The lowest BCUT2D eigenvalue weighted by atomic mass is 10.3. The number of ether oxygens (including phenoxy) is 1. The number of likely N-dealkylation sites (N-methyl/N-ethyl adjacent to an activating group) is 1. The van der Waals surface area contributed by atoms with Crippen LogP contribution in [0.2, 0.25) is 5.02 Å². The molecule has 1 fully saturated rings. The molecular formula is C15H21ClN2O2S. The van der Waals surface area contributed by atoms with Crippen LogP contribution in [-0.2, 0) is 9.53 Å². The lowest BCUT2D eigenvalue weighted by Gasteiger charge is -2.30. The van der Waals surface area contributed by atoms with Crippen LogP contribution in [0.15, 0.2) is 29.2 Å². The van der Waals surface area contributed by atoms with Crippen LogP contribution in [0.3, 0.4) is 0 Å². The molecular weight excluding hydrogens is 308 g/mol. The van der Waals surface area contributed by atoms with Crippen LogP contribution in [-0.4, -0.2) is 55.4 Å². The molecule has 0 aliphatic carbocycles. The number of nitrogens with one attached hydrogen (secondary N) is 1. The Balaban J connectivity index is 1.78. The predicted octanol–water partition coefficient (Wildman–Crippen LogP) is 2.27. The number of carbonyl (C=O) groups excluding carboxylic acids is 1. The van der Waals surface area contributed by atoms with Gasteiger partial charge >= 0.3 is 0 Å². The van der Waals surface area contributed by atoms with Crippen molar-refractivity contribution < 1.29 is 9.53 Å². The Morgan fingerprint density at radius 1 is 1.57 bits per heavy atom. The van der Waals surface area contributed by atoms with Crippen molar-refractivity contribution in [2.24, 2.45) is 0 Å². The number of nitrogens with zero attached hydrogens (tertiary/aromatic N) is 1. The van der Waals surface area contributed by atoms with Crippen LogP contribution >= 0.6 is 23.4 Å². The molecule has 2 atom stereocenters. The van der Waals surface area contributed by atoms with Crippen molar-refractivity contribution in [1.29, 1.82) is 0 Å². The van der Waals surface area contributed by atoms with E-state index < -0.39 is 0 Å². The van der Waals surface area contributed by atoms with E-state index in [0.717, 1.165) is 24.6 Å². The Morgan fingerprint density at radius 3 is 3.05 bits per heavy atom. The molecule has 6 heteroatoms. The normalized spacial score (nSPS) is 21.0. The van der Waals surface area contributed by atoms with Crippen LogP contribution in [0.4, 0.5) is 0 Å². The highest BCUT2D eigenvalue weighted by Crippen LogP contribution is 2.29. The van der Waals surface area contributed by atoms with Gasteiger partial charge in [-0.1, -0.05) is 23.7 Å². The van der Waals surface area contributed by atoms with Crippen LogP contribution in [0.5, 0.6) is 0 Å². The molecule has 21 heavy (non-hydrogen) atoms. The Morgan fingerprint density at radius 2 is 2.33 bits per heavy atom. The third kappa shape index (κ3) is 5.18. The van der Waals surface area contributed by atoms with E-state index in [1.807, 2.05) is 31.2 Å². The van der Waals surface area contributed by atoms with E-state index in [9.17, 15) is 4.79 Å². The minimum Gasteiger partial charge on any atom is -0.374 e. The zero-order valence-corrected chi connectivity index (χ0v) is 13.9. The monoisotopic (exact) mass is 328 g/mol. The second-order valence-corrected chi connectivity index (χ2v) is 6.98. The Hall–Kier alpha value is -0.750. The molecule has 1 aromatic carbocycles. The summed E-state index contributed by atoms with van der Waals surface area (Å²) >= 11 is 7.58. The standard InChI is InChI=1S/C15H21ClN2O2S/c1-11(21-14-6-4-3-5-13(14)16)15(19)17-9-12-10-18(2)7-8-20-12/h3-6,11-12H,7-10H2,1-2H3,(H,17,19)/t11-,12-/m0/s1. The van der Waals surface area contributed by atoms with Gasteiger partial charge in [-0.25, -0.2) is 0 Å². The lowest BCUT2D eigenvalue weighted by molar-refractivity contribution is -0.121. The maximum atomic E-state index is 12.1. The first-order chi connectivity index (χ1) is 10.1. The van der Waals surface area contributed by atoms with E-state index >= 15 is 0 Å². The summed E-state index contributed by atoms with van der Waals surface area (Å²) in [5.41, 5.74) is 0. The van der Waals surface area contributed by atoms with Crippen LogP contribution in [0, 0.1) is 0 Å². The van der Waals surface area contributed by atoms with E-state index in [0.29, 0.717) is 11.6 Å². The number of morpholine rings is 1. The van der Waals surface area contributed by atoms with Crippen molar-refractivity contribution in [2.45, 2.75) is 23.2 Å². The summed E-state index contributed by atoms with van der Waals surface area (Å²) < 4.78 is 5.63. The molecule has 0 spiro atoms. The fourth-order valence-corrected chi connectivity index (χ4v) is 3.31. The van der Waals surface area contributed by atoms with Gasteiger partial charge in [-0.2, -0.15) is 0 Å². The first-order valence-electron chi connectivity index (χ1n) is 7.05. The summed E-state index contributed by atoms with van der Waals surface area (Å²) in [6.45, 7) is 4.96. The Labute approximate surface area is 135 Å². The van der Waals surface area contributed by atoms with Crippen molar-refractivity contribution in [3.8, 4) is 0 Å². The molecule has 1 aromatic rings. The summed E-state index contributed by atoms with van der Waals surface area (Å²) in [4.78, 5) is 15.3. The average Bonchev–Trinajstić information content (AvgIpc) is 2.47. The molecule has 1 saturated heterocycles. The van der Waals surface area contributed by atoms with Gasteiger partial charge in [-0.05, 0) is 26.1 Å². The summed E-state index contributed by atoms with van der Waals surface area (Å²) in [7, 11) is 2.06. The highest BCUT2D eigenvalue weighted by Gasteiger charge is 2.20. The maximum absolute atomic E-state index is 12.1. The van der Waals surface area contributed by atoms with Gasteiger partial charge in [0.05, 0.1) is 23.0 Å². The molecule has 1 aliphatic heterocycles. The van der Waals surface area contributed by atoms with E-state index in [4.69, 9.17) is 16.3 Å². The van der Waals surface area contributed by atoms with Gasteiger partial charge in [0.25, 0.3) is 0 Å². The second kappa shape index (κ2) is 8.03.